The molecule has 2 aromatic rings. The lowest BCUT2D eigenvalue weighted by Gasteiger charge is -2.14. The Morgan fingerprint density at radius 2 is 1.83 bits per heavy atom. The minimum atomic E-state index is -0.488. The minimum absolute atomic E-state index is 0.187. The highest BCUT2D eigenvalue weighted by Crippen LogP contribution is 2.16. The highest BCUT2D eigenvalue weighted by atomic mass is 16.5. The molecule has 0 aliphatic carbocycles. The molecule has 1 atom stereocenters. The second kappa shape index (κ2) is 7.98. The topological polar surface area (TPSA) is 64.6 Å². The summed E-state index contributed by atoms with van der Waals surface area (Å²) in [5.41, 5.74) is 1.33. The predicted octanol–water partition coefficient (Wildman–Crippen LogP) is 2.73. The fourth-order valence-corrected chi connectivity index (χ4v) is 2.05. The van der Waals surface area contributed by atoms with Crippen molar-refractivity contribution in [1.29, 1.82) is 0 Å². The van der Waals surface area contributed by atoms with Gasteiger partial charge in [-0.15, -0.1) is 0 Å². The molecule has 0 bridgehead atoms. The molecule has 0 fully saturated rings. The minimum Gasteiger partial charge on any atom is -0.497 e. The van der Waals surface area contributed by atoms with Crippen molar-refractivity contribution in [1.82, 2.24) is 5.32 Å². The van der Waals surface area contributed by atoms with Gasteiger partial charge in [-0.05, 0) is 30.7 Å². The maximum absolute atomic E-state index is 12.0. The molecule has 0 radical (unpaired) electrons. The van der Waals surface area contributed by atoms with Crippen molar-refractivity contribution >= 4 is 11.9 Å². The van der Waals surface area contributed by atoms with E-state index in [9.17, 15) is 9.59 Å². The van der Waals surface area contributed by atoms with E-state index < -0.39 is 5.97 Å². The van der Waals surface area contributed by atoms with Crippen LogP contribution in [0.3, 0.4) is 0 Å². The Morgan fingerprint density at radius 3 is 2.52 bits per heavy atom. The van der Waals surface area contributed by atoms with E-state index in [0.717, 1.165) is 5.56 Å². The molecular weight excluding hydrogens is 294 g/mol. The SMILES string of the molecule is COc1cccc(C(=O)NCC(=O)O[C@H](C)c2ccccc2)c1. The molecular formula is C18H19NO4. The van der Waals surface area contributed by atoms with E-state index >= 15 is 0 Å². The highest BCUT2D eigenvalue weighted by Gasteiger charge is 2.13. The van der Waals surface area contributed by atoms with Gasteiger partial charge in [-0.1, -0.05) is 36.4 Å². The Kier molecular flexibility index (Phi) is 5.74. The van der Waals surface area contributed by atoms with Crippen LogP contribution in [0, 0.1) is 0 Å². The fraction of sp³-hybridized carbons (Fsp3) is 0.222. The molecule has 5 nitrogen and oxygen atoms in total. The maximum atomic E-state index is 12.0. The molecule has 0 saturated heterocycles. The zero-order valence-electron chi connectivity index (χ0n) is 13.1. The first-order valence-corrected chi connectivity index (χ1v) is 7.27. The lowest BCUT2D eigenvalue weighted by atomic mass is 10.1. The Morgan fingerprint density at radius 1 is 1.09 bits per heavy atom. The molecule has 1 N–H and O–H groups in total. The first-order chi connectivity index (χ1) is 11.1. The summed E-state index contributed by atoms with van der Waals surface area (Å²) in [5.74, 6) is -0.260. The number of nitrogens with one attached hydrogen (secondary N) is 1. The van der Waals surface area contributed by atoms with Crippen LogP contribution in [0.1, 0.15) is 28.9 Å². The Bertz CT molecular complexity index is 670. The summed E-state index contributed by atoms with van der Waals surface area (Å²) >= 11 is 0. The fourth-order valence-electron chi connectivity index (χ4n) is 2.05. The van der Waals surface area contributed by atoms with Gasteiger partial charge in [-0.3, -0.25) is 9.59 Å². The zero-order chi connectivity index (χ0) is 16.7. The summed E-state index contributed by atoms with van der Waals surface area (Å²) in [4.78, 5) is 23.8. The van der Waals surface area contributed by atoms with E-state index in [2.05, 4.69) is 5.32 Å². The van der Waals surface area contributed by atoms with E-state index in [4.69, 9.17) is 9.47 Å². The van der Waals surface area contributed by atoms with Gasteiger partial charge in [0.25, 0.3) is 5.91 Å². The van der Waals surface area contributed by atoms with Gasteiger partial charge in [0.2, 0.25) is 0 Å². The van der Waals surface area contributed by atoms with Crippen molar-refractivity contribution in [3.05, 3.63) is 65.7 Å². The van der Waals surface area contributed by atoms with Crippen molar-refractivity contribution in [2.45, 2.75) is 13.0 Å². The van der Waals surface area contributed by atoms with Crippen LogP contribution in [0.25, 0.3) is 0 Å². The average molecular weight is 313 g/mol. The molecule has 0 unspecified atom stereocenters. The molecule has 2 aromatic carbocycles. The number of methoxy groups -OCH3 is 1. The maximum Gasteiger partial charge on any atom is 0.326 e. The summed E-state index contributed by atoms with van der Waals surface area (Å²) < 4.78 is 10.3. The van der Waals surface area contributed by atoms with Crippen LogP contribution < -0.4 is 10.1 Å². The number of amides is 1. The van der Waals surface area contributed by atoms with Crippen LogP contribution in [-0.2, 0) is 9.53 Å². The van der Waals surface area contributed by atoms with Gasteiger partial charge in [0, 0.05) is 5.56 Å². The van der Waals surface area contributed by atoms with E-state index in [1.807, 2.05) is 30.3 Å². The summed E-state index contributed by atoms with van der Waals surface area (Å²) in [7, 11) is 1.53. The number of carbonyl (C=O) groups is 2. The molecule has 0 heterocycles. The average Bonchev–Trinajstić information content (AvgIpc) is 2.60. The van der Waals surface area contributed by atoms with Crippen LogP contribution in [0.4, 0.5) is 0 Å². The normalized spacial score (nSPS) is 11.4. The number of esters is 1. The molecule has 120 valence electrons. The van der Waals surface area contributed by atoms with Gasteiger partial charge in [0.15, 0.2) is 0 Å². The zero-order valence-corrected chi connectivity index (χ0v) is 13.1. The third kappa shape index (κ3) is 4.85. The number of rotatable bonds is 6. The summed E-state index contributed by atoms with van der Waals surface area (Å²) in [6.07, 6.45) is -0.363. The van der Waals surface area contributed by atoms with Crippen molar-refractivity contribution in [2.24, 2.45) is 0 Å². The van der Waals surface area contributed by atoms with Crippen LogP contribution in [0.5, 0.6) is 5.75 Å². The van der Waals surface area contributed by atoms with Crippen LogP contribution >= 0.6 is 0 Å². The molecule has 23 heavy (non-hydrogen) atoms. The molecule has 0 aromatic heterocycles. The van der Waals surface area contributed by atoms with Gasteiger partial charge >= 0.3 is 5.97 Å². The number of benzene rings is 2. The second-order valence-electron chi connectivity index (χ2n) is 4.96. The number of carbonyl (C=O) groups excluding carboxylic acids is 2. The van der Waals surface area contributed by atoms with Gasteiger partial charge in [-0.2, -0.15) is 0 Å². The molecule has 2 rings (SSSR count). The predicted molar refractivity (Wildman–Crippen MR) is 86.3 cm³/mol. The smallest absolute Gasteiger partial charge is 0.326 e. The quantitative estimate of drug-likeness (QED) is 0.833. The summed E-state index contributed by atoms with van der Waals surface area (Å²) in [6.45, 7) is 1.60. The molecule has 5 heteroatoms. The number of hydrogen-bond donors (Lipinski definition) is 1. The third-order valence-electron chi connectivity index (χ3n) is 3.30. The second-order valence-corrected chi connectivity index (χ2v) is 4.96. The van der Waals surface area contributed by atoms with Gasteiger partial charge in [0.05, 0.1) is 7.11 Å². The Balaban J connectivity index is 1.85. The van der Waals surface area contributed by atoms with Crippen LogP contribution in [0.2, 0.25) is 0 Å². The lowest BCUT2D eigenvalue weighted by Crippen LogP contribution is -2.31. The molecule has 0 aliphatic rings. The van der Waals surface area contributed by atoms with Crippen molar-refractivity contribution < 1.29 is 19.1 Å². The third-order valence-corrected chi connectivity index (χ3v) is 3.30. The summed E-state index contributed by atoms with van der Waals surface area (Å²) in [5, 5.41) is 2.54. The van der Waals surface area contributed by atoms with Gasteiger partial charge in [-0.25, -0.2) is 0 Å². The summed E-state index contributed by atoms with van der Waals surface area (Å²) in [6, 6.07) is 16.1. The number of hydrogen-bond acceptors (Lipinski definition) is 4. The van der Waals surface area contributed by atoms with Crippen molar-refractivity contribution in [2.75, 3.05) is 13.7 Å². The monoisotopic (exact) mass is 313 g/mol. The van der Waals surface area contributed by atoms with E-state index in [-0.39, 0.29) is 18.6 Å². The molecule has 0 aliphatic heterocycles. The Labute approximate surface area is 135 Å². The van der Waals surface area contributed by atoms with E-state index in [0.29, 0.717) is 11.3 Å². The van der Waals surface area contributed by atoms with Crippen molar-refractivity contribution in [3.63, 3.8) is 0 Å². The standard InChI is InChI=1S/C18H19NO4/c1-13(14-7-4-3-5-8-14)23-17(20)12-19-18(21)15-9-6-10-16(11-15)22-2/h3-11,13H,12H2,1-2H3,(H,19,21)/t13-/m1/s1. The Hall–Kier alpha value is -2.82. The van der Waals surface area contributed by atoms with Crippen molar-refractivity contribution in [3.8, 4) is 5.75 Å². The van der Waals surface area contributed by atoms with Gasteiger partial charge < -0.3 is 14.8 Å². The van der Waals surface area contributed by atoms with Crippen LogP contribution in [0.15, 0.2) is 54.6 Å². The lowest BCUT2D eigenvalue weighted by molar-refractivity contribution is -0.147. The van der Waals surface area contributed by atoms with E-state index in [1.165, 1.54) is 7.11 Å². The molecule has 1 amide bonds. The van der Waals surface area contributed by atoms with E-state index in [1.54, 1.807) is 31.2 Å². The largest absolute Gasteiger partial charge is 0.497 e. The van der Waals surface area contributed by atoms with Crippen LogP contribution in [-0.4, -0.2) is 25.5 Å². The van der Waals surface area contributed by atoms with Gasteiger partial charge in [0.1, 0.15) is 18.4 Å². The first-order valence-electron chi connectivity index (χ1n) is 7.27. The highest BCUT2D eigenvalue weighted by molar-refractivity contribution is 5.96. The molecule has 0 saturated carbocycles. The number of ether oxygens (including phenoxy) is 2. The molecule has 0 spiro atoms. The first kappa shape index (κ1) is 16.5.